The van der Waals surface area contributed by atoms with Gasteiger partial charge in [0.15, 0.2) is 0 Å². The molecule has 0 radical (unpaired) electrons. The van der Waals surface area contributed by atoms with Crippen molar-refractivity contribution in [3.8, 4) is 0 Å². The second-order valence-electron chi connectivity index (χ2n) is 8.26. The number of para-hydroxylation sites is 1. The number of nitrogens with zero attached hydrogens (tertiary/aromatic N) is 2. The van der Waals surface area contributed by atoms with E-state index in [4.69, 9.17) is 0 Å². The molecule has 2 rings (SSSR count). The summed E-state index contributed by atoms with van der Waals surface area (Å²) in [5.74, 6) is -0.125. The summed E-state index contributed by atoms with van der Waals surface area (Å²) in [5, 5.41) is 8.53. The van der Waals surface area contributed by atoms with Crippen molar-refractivity contribution in [1.29, 1.82) is 0 Å². The zero-order valence-corrected chi connectivity index (χ0v) is 18.6. The Morgan fingerprint density at radius 1 is 1.07 bits per heavy atom. The minimum absolute atomic E-state index is 0.0170. The predicted octanol–water partition coefficient (Wildman–Crippen LogP) is 2.87. The number of nitrogens with one attached hydrogen (secondary N) is 3. The number of urea groups is 2. The molecule has 0 spiro atoms. The molecular formula is C22H35N5O3. The van der Waals surface area contributed by atoms with E-state index in [2.05, 4.69) is 16.0 Å². The average Bonchev–Trinajstić information content (AvgIpc) is 2.71. The van der Waals surface area contributed by atoms with Crippen LogP contribution in [0.15, 0.2) is 30.3 Å². The molecule has 5 amide bonds. The van der Waals surface area contributed by atoms with E-state index in [1.165, 1.54) is 0 Å². The Kier molecular flexibility index (Phi) is 8.50. The number of hydrogen-bond acceptors (Lipinski definition) is 3. The van der Waals surface area contributed by atoms with Gasteiger partial charge in [0, 0.05) is 37.4 Å². The third-order valence-corrected chi connectivity index (χ3v) is 5.41. The van der Waals surface area contributed by atoms with Crippen molar-refractivity contribution in [2.75, 3.05) is 25.0 Å². The molecular weight excluding hydrogens is 382 g/mol. The van der Waals surface area contributed by atoms with Crippen LogP contribution in [0.5, 0.6) is 0 Å². The van der Waals surface area contributed by atoms with Gasteiger partial charge in [-0.05, 0) is 38.8 Å². The molecule has 0 aromatic heterocycles. The summed E-state index contributed by atoms with van der Waals surface area (Å²) in [6.07, 6.45) is 0.758. The Morgan fingerprint density at radius 3 is 2.30 bits per heavy atom. The van der Waals surface area contributed by atoms with Crippen molar-refractivity contribution in [2.45, 2.75) is 59.2 Å². The van der Waals surface area contributed by atoms with Crippen molar-refractivity contribution >= 4 is 23.7 Å². The molecule has 1 saturated heterocycles. The van der Waals surface area contributed by atoms with E-state index in [1.54, 1.807) is 21.9 Å². The number of piperazine rings is 1. The molecule has 3 atom stereocenters. The van der Waals surface area contributed by atoms with Gasteiger partial charge < -0.3 is 25.8 Å². The Bertz CT molecular complexity index is 725. The molecule has 166 valence electrons. The lowest BCUT2D eigenvalue weighted by molar-refractivity contribution is -0.136. The van der Waals surface area contributed by atoms with Gasteiger partial charge >= 0.3 is 12.1 Å². The number of carbonyl (C=O) groups excluding carboxylic acids is 3. The highest BCUT2D eigenvalue weighted by Gasteiger charge is 2.35. The summed E-state index contributed by atoms with van der Waals surface area (Å²) in [5.41, 5.74) is 0.670. The first-order valence-electron chi connectivity index (χ1n) is 10.7. The minimum atomic E-state index is -0.623. The van der Waals surface area contributed by atoms with Crippen LogP contribution in [-0.2, 0) is 4.79 Å². The Balaban J connectivity index is 2.01. The van der Waals surface area contributed by atoms with Crippen LogP contribution in [0.4, 0.5) is 15.3 Å². The van der Waals surface area contributed by atoms with Gasteiger partial charge in [-0.15, -0.1) is 0 Å². The lowest BCUT2D eigenvalue weighted by Gasteiger charge is -2.41. The summed E-state index contributed by atoms with van der Waals surface area (Å²) < 4.78 is 0. The number of hydrogen-bond donors (Lipinski definition) is 3. The molecule has 0 aliphatic carbocycles. The number of amides is 5. The second kappa shape index (κ2) is 10.8. The Labute approximate surface area is 179 Å². The van der Waals surface area contributed by atoms with E-state index in [0.29, 0.717) is 25.3 Å². The van der Waals surface area contributed by atoms with Crippen molar-refractivity contribution in [3.05, 3.63) is 30.3 Å². The highest BCUT2D eigenvalue weighted by atomic mass is 16.2. The van der Waals surface area contributed by atoms with Crippen molar-refractivity contribution in [2.24, 2.45) is 5.92 Å². The Morgan fingerprint density at radius 2 is 1.73 bits per heavy atom. The van der Waals surface area contributed by atoms with Crippen LogP contribution in [0.25, 0.3) is 0 Å². The van der Waals surface area contributed by atoms with E-state index in [0.717, 1.165) is 6.42 Å². The van der Waals surface area contributed by atoms with Crippen LogP contribution < -0.4 is 16.0 Å². The maximum atomic E-state index is 13.3. The Hall–Kier alpha value is -2.77. The summed E-state index contributed by atoms with van der Waals surface area (Å²) in [4.78, 5) is 41.6. The molecule has 8 heteroatoms. The molecule has 1 aromatic rings. The third-order valence-electron chi connectivity index (χ3n) is 5.41. The molecule has 3 unspecified atom stereocenters. The molecule has 8 nitrogen and oxygen atoms in total. The van der Waals surface area contributed by atoms with Gasteiger partial charge in [-0.1, -0.05) is 38.5 Å². The van der Waals surface area contributed by atoms with Crippen LogP contribution in [0, 0.1) is 5.92 Å². The van der Waals surface area contributed by atoms with Crippen LogP contribution in [0.2, 0.25) is 0 Å². The first-order chi connectivity index (χ1) is 14.2. The number of benzene rings is 1. The molecule has 1 fully saturated rings. The maximum absolute atomic E-state index is 13.3. The van der Waals surface area contributed by atoms with E-state index in [1.807, 2.05) is 52.8 Å². The fraction of sp³-hybridized carbons (Fsp3) is 0.591. The van der Waals surface area contributed by atoms with Gasteiger partial charge in [0.25, 0.3) is 0 Å². The van der Waals surface area contributed by atoms with E-state index < -0.39 is 12.1 Å². The van der Waals surface area contributed by atoms with E-state index in [-0.39, 0.29) is 29.9 Å². The van der Waals surface area contributed by atoms with Crippen molar-refractivity contribution < 1.29 is 14.4 Å². The summed E-state index contributed by atoms with van der Waals surface area (Å²) in [7, 11) is 0. The van der Waals surface area contributed by atoms with Crippen molar-refractivity contribution in [3.63, 3.8) is 0 Å². The molecule has 0 bridgehead atoms. The van der Waals surface area contributed by atoms with E-state index >= 15 is 0 Å². The van der Waals surface area contributed by atoms with Crippen LogP contribution >= 0.6 is 0 Å². The number of carbonyl (C=O) groups is 3. The molecule has 0 saturated carbocycles. The first-order valence-corrected chi connectivity index (χ1v) is 10.7. The van der Waals surface area contributed by atoms with Crippen LogP contribution in [-0.4, -0.2) is 65.5 Å². The fourth-order valence-corrected chi connectivity index (χ4v) is 3.50. The van der Waals surface area contributed by atoms with Gasteiger partial charge in [-0.25, -0.2) is 9.59 Å². The minimum Gasteiger partial charge on any atom is -0.337 e. The lowest BCUT2D eigenvalue weighted by Crippen LogP contribution is -2.61. The largest absolute Gasteiger partial charge is 0.337 e. The van der Waals surface area contributed by atoms with Crippen molar-refractivity contribution in [1.82, 2.24) is 20.4 Å². The van der Waals surface area contributed by atoms with Gasteiger partial charge in [0.1, 0.15) is 6.04 Å². The zero-order chi connectivity index (χ0) is 22.3. The quantitative estimate of drug-likeness (QED) is 0.664. The first kappa shape index (κ1) is 23.5. The number of rotatable bonds is 6. The highest BCUT2D eigenvalue weighted by molar-refractivity contribution is 5.94. The van der Waals surface area contributed by atoms with Crippen LogP contribution in [0.3, 0.4) is 0 Å². The predicted molar refractivity (Wildman–Crippen MR) is 118 cm³/mol. The summed E-state index contributed by atoms with van der Waals surface area (Å²) >= 11 is 0. The third kappa shape index (κ3) is 6.37. The monoisotopic (exact) mass is 417 g/mol. The summed E-state index contributed by atoms with van der Waals surface area (Å²) in [6.45, 7) is 11.1. The molecule has 1 heterocycles. The molecule has 1 aromatic carbocycles. The molecule has 30 heavy (non-hydrogen) atoms. The summed E-state index contributed by atoms with van der Waals surface area (Å²) in [6, 6.07) is 7.96. The van der Waals surface area contributed by atoms with Gasteiger partial charge in [0.2, 0.25) is 5.91 Å². The topological polar surface area (TPSA) is 93.8 Å². The SMILES string of the molecule is CCC(C)C(NC(=O)Nc1ccccc1)C(=O)N1CCN(C(=O)NC(C)C)C(C)C1. The van der Waals surface area contributed by atoms with E-state index in [9.17, 15) is 14.4 Å². The molecule has 1 aliphatic rings. The smallest absolute Gasteiger partial charge is 0.319 e. The maximum Gasteiger partial charge on any atom is 0.319 e. The lowest BCUT2D eigenvalue weighted by atomic mass is 9.97. The molecule has 3 N–H and O–H groups in total. The fourth-order valence-electron chi connectivity index (χ4n) is 3.50. The van der Waals surface area contributed by atoms with Gasteiger partial charge in [-0.3, -0.25) is 4.79 Å². The average molecular weight is 418 g/mol. The van der Waals surface area contributed by atoms with Gasteiger partial charge in [0.05, 0.1) is 0 Å². The second-order valence-corrected chi connectivity index (χ2v) is 8.26. The number of anilines is 1. The highest BCUT2D eigenvalue weighted by Crippen LogP contribution is 2.16. The normalized spacial score (nSPS) is 18.5. The zero-order valence-electron chi connectivity index (χ0n) is 18.6. The van der Waals surface area contributed by atoms with Crippen LogP contribution in [0.1, 0.15) is 41.0 Å². The molecule has 1 aliphatic heterocycles. The van der Waals surface area contributed by atoms with Gasteiger partial charge in [-0.2, -0.15) is 0 Å². The standard InChI is InChI=1S/C22H35N5O3/c1-6-16(4)19(25-21(29)24-18-10-8-7-9-11-18)20(28)26-12-13-27(17(5)14-26)22(30)23-15(2)3/h7-11,15-17,19H,6,12-14H2,1-5H3,(H,23,30)(H2,24,25,29).